The number of rotatable bonds is 3. The van der Waals surface area contributed by atoms with Crippen LogP contribution in [-0.2, 0) is 0 Å². The summed E-state index contributed by atoms with van der Waals surface area (Å²) in [6, 6.07) is 0.780. The molecule has 0 N–H and O–H groups in total. The largest absolute Gasteiger partial charge is 0.346 e. The van der Waals surface area contributed by atoms with Gasteiger partial charge in [0.25, 0.3) is 0 Å². The van der Waals surface area contributed by atoms with E-state index in [9.17, 15) is 0 Å². The minimum absolute atomic E-state index is 0.780. The lowest BCUT2D eigenvalue weighted by molar-refractivity contribution is 0.130. The number of likely N-dealkylation sites (tertiary alicyclic amines) is 1. The highest BCUT2D eigenvalue weighted by atomic mass is 32.1. The number of nitrogens with zero attached hydrogens (tertiary/aromatic N) is 4. The van der Waals surface area contributed by atoms with Crippen LogP contribution in [-0.4, -0.2) is 47.3 Å². The summed E-state index contributed by atoms with van der Waals surface area (Å²) < 4.78 is 0. The summed E-state index contributed by atoms with van der Waals surface area (Å²) in [5.41, 5.74) is 0. The average molecular weight is 294 g/mol. The molecule has 20 heavy (non-hydrogen) atoms. The van der Waals surface area contributed by atoms with E-state index in [0.29, 0.717) is 0 Å². The van der Waals surface area contributed by atoms with E-state index < -0.39 is 0 Å². The lowest BCUT2D eigenvalue weighted by Crippen LogP contribution is -2.45. The van der Waals surface area contributed by atoms with Crippen LogP contribution in [0.3, 0.4) is 0 Å². The fraction of sp³-hybridized carbons (Fsp3) is 0.867. The van der Waals surface area contributed by atoms with Crippen LogP contribution in [0.2, 0.25) is 0 Å². The molecule has 2 fully saturated rings. The molecule has 5 heteroatoms. The first-order chi connectivity index (χ1) is 9.72. The minimum atomic E-state index is 0.780. The molecule has 2 atom stereocenters. The Bertz CT molecular complexity index is 433. The van der Waals surface area contributed by atoms with Crippen molar-refractivity contribution in [1.29, 1.82) is 0 Å². The Morgan fingerprint density at radius 2 is 2.05 bits per heavy atom. The van der Waals surface area contributed by atoms with E-state index in [2.05, 4.69) is 26.9 Å². The van der Waals surface area contributed by atoms with E-state index in [4.69, 9.17) is 0 Å². The van der Waals surface area contributed by atoms with E-state index >= 15 is 0 Å². The van der Waals surface area contributed by atoms with E-state index in [1.165, 1.54) is 45.2 Å². The fourth-order valence-electron chi connectivity index (χ4n) is 3.56. The molecule has 2 aliphatic heterocycles. The van der Waals surface area contributed by atoms with Crippen LogP contribution in [0, 0.1) is 12.8 Å². The molecule has 0 radical (unpaired) electrons. The normalized spacial score (nSPS) is 28.8. The van der Waals surface area contributed by atoms with Crippen molar-refractivity contribution < 1.29 is 0 Å². The highest BCUT2D eigenvalue weighted by Gasteiger charge is 2.26. The van der Waals surface area contributed by atoms with Crippen LogP contribution in [0.1, 0.15) is 44.0 Å². The van der Waals surface area contributed by atoms with Crippen molar-refractivity contribution in [2.75, 3.05) is 31.1 Å². The van der Waals surface area contributed by atoms with Crippen LogP contribution in [0.4, 0.5) is 5.13 Å². The van der Waals surface area contributed by atoms with Crippen LogP contribution in [0.5, 0.6) is 0 Å². The maximum absolute atomic E-state index is 4.32. The molecular formula is C15H26N4S. The van der Waals surface area contributed by atoms with Gasteiger partial charge >= 0.3 is 0 Å². The first kappa shape index (κ1) is 14.3. The zero-order valence-corrected chi connectivity index (χ0v) is 13.5. The summed E-state index contributed by atoms with van der Waals surface area (Å²) in [4.78, 5) is 5.16. The number of aryl methyl sites for hydroxylation is 1. The Labute approximate surface area is 126 Å². The quantitative estimate of drug-likeness (QED) is 0.858. The van der Waals surface area contributed by atoms with Crippen molar-refractivity contribution in [2.24, 2.45) is 5.92 Å². The molecule has 1 aromatic rings. The molecule has 0 unspecified atom stereocenters. The van der Waals surface area contributed by atoms with Gasteiger partial charge in [0.15, 0.2) is 0 Å². The lowest BCUT2D eigenvalue weighted by Gasteiger charge is -2.39. The molecule has 2 aliphatic rings. The number of piperidine rings is 2. The van der Waals surface area contributed by atoms with Crippen molar-refractivity contribution in [3.8, 4) is 0 Å². The maximum Gasteiger partial charge on any atom is 0.208 e. The second kappa shape index (κ2) is 6.39. The number of aromatic nitrogens is 2. The average Bonchev–Trinajstić information content (AvgIpc) is 2.89. The third-order valence-corrected chi connectivity index (χ3v) is 5.64. The summed E-state index contributed by atoms with van der Waals surface area (Å²) in [5, 5.41) is 10.7. The Hall–Kier alpha value is -0.680. The van der Waals surface area contributed by atoms with Crippen molar-refractivity contribution in [3.63, 3.8) is 0 Å². The molecule has 3 heterocycles. The van der Waals surface area contributed by atoms with Crippen molar-refractivity contribution in [2.45, 2.75) is 52.0 Å². The molecule has 0 aliphatic carbocycles. The molecule has 112 valence electrons. The van der Waals surface area contributed by atoms with E-state index in [1.807, 2.05) is 6.92 Å². The number of hydrogen-bond acceptors (Lipinski definition) is 5. The van der Waals surface area contributed by atoms with Gasteiger partial charge in [-0.1, -0.05) is 17.8 Å². The summed E-state index contributed by atoms with van der Waals surface area (Å²) >= 11 is 1.73. The molecule has 2 saturated heterocycles. The lowest BCUT2D eigenvalue weighted by atomic mass is 9.95. The Balaban J connectivity index is 1.57. The summed E-state index contributed by atoms with van der Waals surface area (Å²) in [6.07, 6.45) is 6.85. The Morgan fingerprint density at radius 1 is 1.15 bits per heavy atom. The molecule has 0 saturated carbocycles. The highest BCUT2D eigenvalue weighted by Crippen LogP contribution is 2.27. The standard InChI is InChI=1S/C15H26N4S/c1-12-6-3-4-8-18(12)10-14-7-5-9-19(11-14)15-17-16-13(2)20-15/h12,14H,3-11H2,1-2H3/t12-,14-/m0/s1. The topological polar surface area (TPSA) is 32.3 Å². The fourth-order valence-corrected chi connectivity index (χ4v) is 4.28. The first-order valence-electron chi connectivity index (χ1n) is 8.01. The maximum atomic E-state index is 4.32. The molecule has 0 spiro atoms. The summed E-state index contributed by atoms with van der Waals surface area (Å²) in [7, 11) is 0. The number of hydrogen-bond donors (Lipinski definition) is 0. The zero-order valence-electron chi connectivity index (χ0n) is 12.7. The molecule has 0 bridgehead atoms. The van der Waals surface area contributed by atoms with Gasteiger partial charge in [-0.2, -0.15) is 0 Å². The molecule has 1 aromatic heterocycles. The highest BCUT2D eigenvalue weighted by molar-refractivity contribution is 7.15. The van der Waals surface area contributed by atoms with E-state index in [0.717, 1.165) is 35.2 Å². The predicted octanol–water partition coefficient (Wildman–Crippen LogP) is 2.94. The van der Waals surface area contributed by atoms with Gasteiger partial charge in [-0.3, -0.25) is 0 Å². The number of anilines is 1. The molecule has 0 amide bonds. The molecule has 0 aromatic carbocycles. The second-order valence-corrected chi connectivity index (χ2v) is 7.56. The van der Waals surface area contributed by atoms with E-state index in [-0.39, 0.29) is 0 Å². The van der Waals surface area contributed by atoms with Crippen LogP contribution >= 0.6 is 11.3 Å². The Morgan fingerprint density at radius 3 is 2.80 bits per heavy atom. The van der Waals surface area contributed by atoms with Gasteiger partial charge in [0.05, 0.1) is 0 Å². The third-order valence-electron chi connectivity index (χ3n) is 4.74. The SMILES string of the molecule is Cc1nnc(N2CCC[C@@H](CN3CCCC[C@@H]3C)C2)s1. The third kappa shape index (κ3) is 3.31. The van der Waals surface area contributed by atoms with Crippen LogP contribution < -0.4 is 4.90 Å². The van der Waals surface area contributed by atoms with Gasteiger partial charge in [0, 0.05) is 25.7 Å². The van der Waals surface area contributed by atoms with Gasteiger partial charge in [0.1, 0.15) is 5.01 Å². The minimum Gasteiger partial charge on any atom is -0.346 e. The van der Waals surface area contributed by atoms with Gasteiger partial charge in [-0.25, -0.2) is 0 Å². The van der Waals surface area contributed by atoms with Crippen LogP contribution in [0.15, 0.2) is 0 Å². The van der Waals surface area contributed by atoms with Crippen molar-refractivity contribution in [3.05, 3.63) is 5.01 Å². The van der Waals surface area contributed by atoms with Gasteiger partial charge in [0.2, 0.25) is 5.13 Å². The molecule has 4 nitrogen and oxygen atoms in total. The second-order valence-electron chi connectivity index (χ2n) is 6.40. The monoisotopic (exact) mass is 294 g/mol. The van der Waals surface area contributed by atoms with Gasteiger partial charge in [-0.15, -0.1) is 10.2 Å². The smallest absolute Gasteiger partial charge is 0.208 e. The zero-order chi connectivity index (χ0) is 13.9. The van der Waals surface area contributed by atoms with Gasteiger partial charge < -0.3 is 9.80 Å². The molecular weight excluding hydrogens is 268 g/mol. The van der Waals surface area contributed by atoms with Crippen LogP contribution in [0.25, 0.3) is 0 Å². The van der Waals surface area contributed by atoms with Crippen molar-refractivity contribution >= 4 is 16.5 Å². The van der Waals surface area contributed by atoms with Gasteiger partial charge in [-0.05, 0) is 52.0 Å². The predicted molar refractivity (Wildman–Crippen MR) is 84.5 cm³/mol. The summed E-state index contributed by atoms with van der Waals surface area (Å²) in [6.45, 7) is 9.33. The van der Waals surface area contributed by atoms with Crippen molar-refractivity contribution in [1.82, 2.24) is 15.1 Å². The first-order valence-corrected chi connectivity index (χ1v) is 8.83. The summed E-state index contributed by atoms with van der Waals surface area (Å²) in [5.74, 6) is 0.800. The Kier molecular flexibility index (Phi) is 4.56. The van der Waals surface area contributed by atoms with E-state index in [1.54, 1.807) is 11.3 Å². The molecule has 3 rings (SSSR count).